The van der Waals surface area contributed by atoms with Crippen LogP contribution in [0.5, 0.6) is 5.75 Å². The second kappa shape index (κ2) is 11.4. The van der Waals surface area contributed by atoms with Gasteiger partial charge in [0.15, 0.2) is 12.4 Å². The molecule has 2 aromatic carbocycles. The highest BCUT2D eigenvalue weighted by atomic mass is 19.3. The van der Waals surface area contributed by atoms with Crippen LogP contribution in [0.25, 0.3) is 0 Å². The van der Waals surface area contributed by atoms with Crippen LogP contribution in [0.4, 0.5) is 14.5 Å². The van der Waals surface area contributed by atoms with Crippen molar-refractivity contribution in [2.75, 3.05) is 18.5 Å². The molecule has 0 spiro atoms. The monoisotopic (exact) mass is 458 g/mol. The maximum absolute atomic E-state index is 12.1. The molecule has 0 saturated heterocycles. The van der Waals surface area contributed by atoms with Crippen LogP contribution in [-0.2, 0) is 16.0 Å². The summed E-state index contributed by atoms with van der Waals surface area (Å²) in [5.41, 5.74) is 1.48. The van der Waals surface area contributed by atoms with Gasteiger partial charge < -0.3 is 24.5 Å². The second-order valence-corrected chi connectivity index (χ2v) is 6.71. The van der Waals surface area contributed by atoms with Gasteiger partial charge in [0.05, 0.1) is 11.8 Å². The molecule has 8 nitrogen and oxygen atoms in total. The minimum atomic E-state index is -2.89. The zero-order chi connectivity index (χ0) is 23.6. The first-order valence-corrected chi connectivity index (χ1v) is 9.83. The van der Waals surface area contributed by atoms with Gasteiger partial charge in [-0.1, -0.05) is 12.1 Å². The lowest BCUT2D eigenvalue weighted by molar-refractivity contribution is -0.124. The summed E-state index contributed by atoms with van der Waals surface area (Å²) in [4.78, 5) is 35.9. The van der Waals surface area contributed by atoms with Gasteiger partial charge in [0.25, 0.3) is 11.8 Å². The molecule has 10 heteroatoms. The van der Waals surface area contributed by atoms with E-state index in [0.717, 1.165) is 5.56 Å². The van der Waals surface area contributed by atoms with Crippen molar-refractivity contribution < 1.29 is 37.1 Å². The number of amides is 2. The Labute approximate surface area is 187 Å². The highest BCUT2D eigenvalue weighted by Crippen LogP contribution is 2.15. The fraction of sp³-hybridized carbons (Fsp3) is 0.174. The largest absolute Gasteiger partial charge is 0.459 e. The molecule has 0 aliphatic carbocycles. The van der Waals surface area contributed by atoms with E-state index in [2.05, 4.69) is 15.4 Å². The van der Waals surface area contributed by atoms with Gasteiger partial charge in [-0.3, -0.25) is 9.59 Å². The van der Waals surface area contributed by atoms with Crippen LogP contribution in [0.2, 0.25) is 0 Å². The van der Waals surface area contributed by atoms with Crippen LogP contribution in [0.1, 0.15) is 26.5 Å². The Balaban J connectivity index is 1.37. The smallest absolute Gasteiger partial charge is 0.387 e. The number of carbonyl (C=O) groups is 3. The Hall–Kier alpha value is -4.21. The van der Waals surface area contributed by atoms with Gasteiger partial charge in [0.2, 0.25) is 0 Å². The molecule has 0 aliphatic rings. The Morgan fingerprint density at radius 2 is 1.70 bits per heavy atom. The molecule has 33 heavy (non-hydrogen) atoms. The maximum atomic E-state index is 12.1. The van der Waals surface area contributed by atoms with E-state index in [1.807, 2.05) is 0 Å². The zero-order valence-electron chi connectivity index (χ0n) is 17.3. The molecule has 172 valence electrons. The molecule has 0 aliphatic heterocycles. The normalized spacial score (nSPS) is 10.5. The summed E-state index contributed by atoms with van der Waals surface area (Å²) in [6, 6.07) is 15.1. The molecular formula is C23H20F2N2O6. The average molecular weight is 458 g/mol. The highest BCUT2D eigenvalue weighted by molar-refractivity contribution is 6.02. The predicted molar refractivity (Wildman–Crippen MR) is 113 cm³/mol. The Kier molecular flexibility index (Phi) is 8.12. The Bertz CT molecular complexity index is 1070. The van der Waals surface area contributed by atoms with Crippen molar-refractivity contribution in [3.05, 3.63) is 83.8 Å². The summed E-state index contributed by atoms with van der Waals surface area (Å²) in [5.74, 6) is -1.39. The van der Waals surface area contributed by atoms with Crippen molar-refractivity contribution in [2.24, 2.45) is 0 Å². The van der Waals surface area contributed by atoms with Crippen molar-refractivity contribution in [2.45, 2.75) is 13.0 Å². The second-order valence-electron chi connectivity index (χ2n) is 6.71. The molecule has 3 rings (SSSR count). The molecule has 1 heterocycles. The van der Waals surface area contributed by atoms with Crippen LogP contribution in [0.3, 0.4) is 0 Å². The lowest BCUT2D eigenvalue weighted by Crippen LogP contribution is -2.30. The van der Waals surface area contributed by atoms with Crippen molar-refractivity contribution >= 4 is 23.5 Å². The van der Waals surface area contributed by atoms with Crippen molar-refractivity contribution in [3.8, 4) is 5.75 Å². The van der Waals surface area contributed by atoms with Gasteiger partial charge in [-0.15, -0.1) is 0 Å². The summed E-state index contributed by atoms with van der Waals surface area (Å²) in [7, 11) is 0. The lowest BCUT2D eigenvalue weighted by Gasteiger charge is -2.08. The first kappa shape index (κ1) is 23.5. The lowest BCUT2D eigenvalue weighted by atomic mass is 10.1. The van der Waals surface area contributed by atoms with Gasteiger partial charge in [-0.2, -0.15) is 8.78 Å². The standard InChI is InChI=1S/C23H20F2N2O6/c24-23(25)33-18-9-3-15(4-10-18)11-12-26-20(28)14-32-22(30)16-5-7-17(8-6-16)27-21(29)19-2-1-13-31-19/h1-10,13,23H,11-12,14H2,(H,26,28)(H,27,29). The molecule has 1 aromatic heterocycles. The third-order valence-corrected chi connectivity index (χ3v) is 4.34. The summed E-state index contributed by atoms with van der Waals surface area (Å²) in [6.07, 6.45) is 1.84. The van der Waals surface area contributed by atoms with Gasteiger partial charge in [-0.05, 0) is 60.5 Å². The summed E-state index contributed by atoms with van der Waals surface area (Å²) >= 11 is 0. The van der Waals surface area contributed by atoms with E-state index in [1.165, 1.54) is 48.7 Å². The summed E-state index contributed by atoms with van der Waals surface area (Å²) in [5, 5.41) is 5.22. The number of anilines is 1. The number of furan rings is 1. The zero-order valence-corrected chi connectivity index (χ0v) is 17.3. The number of carbonyl (C=O) groups excluding carboxylic acids is 3. The van der Waals surface area contributed by atoms with Gasteiger partial charge >= 0.3 is 12.6 Å². The van der Waals surface area contributed by atoms with Crippen LogP contribution < -0.4 is 15.4 Å². The minimum Gasteiger partial charge on any atom is -0.459 e. The highest BCUT2D eigenvalue weighted by Gasteiger charge is 2.12. The number of hydrogen-bond donors (Lipinski definition) is 2. The van der Waals surface area contributed by atoms with E-state index in [-0.39, 0.29) is 23.6 Å². The Morgan fingerprint density at radius 3 is 2.33 bits per heavy atom. The average Bonchev–Trinajstić information content (AvgIpc) is 3.34. The van der Waals surface area contributed by atoms with E-state index in [9.17, 15) is 23.2 Å². The SMILES string of the molecule is O=C(COC(=O)c1ccc(NC(=O)c2ccco2)cc1)NCCc1ccc(OC(F)F)cc1. The number of nitrogens with one attached hydrogen (secondary N) is 2. The number of hydrogen-bond acceptors (Lipinski definition) is 6. The quantitative estimate of drug-likeness (QED) is 0.449. The van der Waals surface area contributed by atoms with Gasteiger partial charge in [-0.25, -0.2) is 4.79 Å². The number of halogens is 2. The Morgan fingerprint density at radius 1 is 0.970 bits per heavy atom. The minimum absolute atomic E-state index is 0.0534. The molecule has 2 amide bonds. The number of esters is 1. The third-order valence-electron chi connectivity index (χ3n) is 4.34. The third kappa shape index (κ3) is 7.46. The van der Waals surface area contributed by atoms with Gasteiger partial charge in [0, 0.05) is 12.2 Å². The predicted octanol–water partition coefficient (Wildman–Crippen LogP) is 3.65. The van der Waals surface area contributed by atoms with Crippen molar-refractivity contribution in [1.29, 1.82) is 0 Å². The topological polar surface area (TPSA) is 107 Å². The number of benzene rings is 2. The van der Waals surface area contributed by atoms with Crippen molar-refractivity contribution in [1.82, 2.24) is 5.32 Å². The van der Waals surface area contributed by atoms with E-state index in [4.69, 9.17) is 9.15 Å². The summed E-state index contributed by atoms with van der Waals surface area (Å²) in [6.45, 7) is -3.07. The molecule has 0 bridgehead atoms. The van der Waals surface area contributed by atoms with Gasteiger partial charge in [0.1, 0.15) is 5.75 Å². The van der Waals surface area contributed by atoms with E-state index in [1.54, 1.807) is 18.2 Å². The molecule has 0 unspecified atom stereocenters. The number of ether oxygens (including phenoxy) is 2. The van der Waals surface area contributed by atoms with Crippen LogP contribution in [-0.4, -0.2) is 37.5 Å². The maximum Gasteiger partial charge on any atom is 0.387 e. The van der Waals surface area contributed by atoms with Crippen LogP contribution in [0, 0.1) is 0 Å². The fourth-order valence-electron chi connectivity index (χ4n) is 2.74. The molecule has 0 saturated carbocycles. The summed E-state index contributed by atoms with van der Waals surface area (Å²) < 4.78 is 38.5. The first-order chi connectivity index (χ1) is 15.9. The molecule has 2 N–H and O–H groups in total. The van der Waals surface area contributed by atoms with E-state index < -0.39 is 31.0 Å². The molecule has 3 aromatic rings. The molecule has 0 atom stereocenters. The van der Waals surface area contributed by atoms with Crippen LogP contribution in [0.15, 0.2) is 71.3 Å². The van der Waals surface area contributed by atoms with Crippen molar-refractivity contribution in [3.63, 3.8) is 0 Å². The number of rotatable bonds is 10. The molecular weight excluding hydrogens is 438 g/mol. The fourth-order valence-corrected chi connectivity index (χ4v) is 2.74. The van der Waals surface area contributed by atoms with Crippen LogP contribution >= 0.6 is 0 Å². The first-order valence-electron chi connectivity index (χ1n) is 9.83. The van der Waals surface area contributed by atoms with E-state index in [0.29, 0.717) is 12.1 Å². The van der Waals surface area contributed by atoms with E-state index >= 15 is 0 Å². The number of alkyl halides is 2. The molecule has 0 radical (unpaired) electrons. The molecule has 0 fully saturated rings.